The molecule has 2 amide bonds. The molecule has 2 heterocycles. The molecule has 2 fully saturated rings. The maximum atomic E-state index is 12.5. The summed E-state index contributed by atoms with van der Waals surface area (Å²) < 4.78 is 0. The zero-order valence-corrected chi connectivity index (χ0v) is 16.5. The molecule has 0 saturated carbocycles. The smallest absolute Gasteiger partial charge is 0.224 e. The summed E-state index contributed by atoms with van der Waals surface area (Å²) >= 11 is 0. The third-order valence-electron chi connectivity index (χ3n) is 5.40. The highest BCUT2D eigenvalue weighted by Gasteiger charge is 2.34. The number of hydrogen-bond donors (Lipinski definition) is 3. The topological polar surface area (TPSA) is 70.2 Å². The van der Waals surface area contributed by atoms with Crippen LogP contribution in [0.2, 0.25) is 0 Å². The van der Waals surface area contributed by atoms with Crippen molar-refractivity contribution < 1.29 is 9.59 Å². The van der Waals surface area contributed by atoms with Crippen LogP contribution < -0.4 is 16.0 Å². The molecule has 5 nitrogen and oxygen atoms in total. The number of halogens is 1. The average molecular weight is 380 g/mol. The van der Waals surface area contributed by atoms with Gasteiger partial charge in [-0.2, -0.15) is 0 Å². The van der Waals surface area contributed by atoms with Gasteiger partial charge in [0, 0.05) is 36.3 Å². The van der Waals surface area contributed by atoms with Gasteiger partial charge in [0.2, 0.25) is 11.8 Å². The van der Waals surface area contributed by atoms with E-state index in [-0.39, 0.29) is 24.2 Å². The van der Waals surface area contributed by atoms with E-state index in [9.17, 15) is 9.59 Å². The molecule has 3 N–H and O–H groups in total. The van der Waals surface area contributed by atoms with Crippen molar-refractivity contribution in [1.82, 2.24) is 5.32 Å². The van der Waals surface area contributed by atoms with Gasteiger partial charge in [-0.15, -0.1) is 12.4 Å². The fraction of sp³-hybridized carbons (Fsp3) is 0.600. The van der Waals surface area contributed by atoms with Gasteiger partial charge in [0.15, 0.2) is 0 Å². The molecule has 0 radical (unpaired) electrons. The number of carbonyl (C=O) groups is 2. The van der Waals surface area contributed by atoms with Gasteiger partial charge >= 0.3 is 0 Å². The molecular weight excluding hydrogens is 350 g/mol. The van der Waals surface area contributed by atoms with E-state index in [4.69, 9.17) is 0 Å². The van der Waals surface area contributed by atoms with Crippen molar-refractivity contribution in [3.8, 4) is 0 Å². The Hall–Kier alpha value is -1.59. The molecule has 1 aromatic carbocycles. The van der Waals surface area contributed by atoms with Crippen molar-refractivity contribution in [2.45, 2.75) is 70.9 Å². The molecule has 2 unspecified atom stereocenters. The van der Waals surface area contributed by atoms with Crippen LogP contribution in [-0.4, -0.2) is 23.9 Å². The first kappa shape index (κ1) is 20.7. The monoisotopic (exact) mass is 379 g/mol. The zero-order valence-electron chi connectivity index (χ0n) is 15.6. The number of amides is 2. The van der Waals surface area contributed by atoms with E-state index < -0.39 is 0 Å². The number of fused-ring (bicyclic) bond motifs is 2. The maximum absolute atomic E-state index is 12.5. The minimum Gasteiger partial charge on any atom is -0.326 e. The fourth-order valence-electron chi connectivity index (χ4n) is 4.15. The minimum atomic E-state index is 0. The van der Waals surface area contributed by atoms with Gasteiger partial charge in [-0.25, -0.2) is 0 Å². The zero-order chi connectivity index (χ0) is 17.8. The molecule has 0 aromatic heterocycles. The summed E-state index contributed by atoms with van der Waals surface area (Å²) in [5, 5.41) is 9.59. The van der Waals surface area contributed by atoms with Crippen LogP contribution in [0.1, 0.15) is 57.4 Å². The van der Waals surface area contributed by atoms with Crippen molar-refractivity contribution >= 4 is 35.6 Å². The Morgan fingerprint density at radius 1 is 1.08 bits per heavy atom. The normalized spacial score (nSPS) is 23.8. The van der Waals surface area contributed by atoms with Gasteiger partial charge in [0.1, 0.15) is 0 Å². The van der Waals surface area contributed by atoms with Gasteiger partial charge in [0.05, 0.1) is 0 Å². The first-order valence-electron chi connectivity index (χ1n) is 9.50. The summed E-state index contributed by atoms with van der Waals surface area (Å²) in [6.45, 7) is 3.91. The van der Waals surface area contributed by atoms with Crippen LogP contribution >= 0.6 is 12.4 Å². The molecular formula is C20H30ClN3O2. The lowest BCUT2D eigenvalue weighted by molar-refractivity contribution is -0.117. The Morgan fingerprint density at radius 2 is 1.65 bits per heavy atom. The van der Waals surface area contributed by atoms with Crippen LogP contribution in [0.25, 0.3) is 0 Å². The molecule has 144 valence electrons. The van der Waals surface area contributed by atoms with E-state index in [0.29, 0.717) is 30.8 Å². The van der Waals surface area contributed by atoms with Crippen molar-refractivity contribution in [3.63, 3.8) is 0 Å². The van der Waals surface area contributed by atoms with E-state index in [1.54, 1.807) is 0 Å². The third kappa shape index (κ3) is 5.21. The molecule has 6 heteroatoms. The second-order valence-electron chi connectivity index (χ2n) is 7.50. The van der Waals surface area contributed by atoms with Crippen molar-refractivity contribution in [1.29, 1.82) is 0 Å². The summed E-state index contributed by atoms with van der Waals surface area (Å²) in [5.41, 5.74) is 2.47. The Labute approximate surface area is 162 Å². The number of rotatable bonds is 6. The van der Waals surface area contributed by atoms with Gasteiger partial charge in [-0.3, -0.25) is 9.59 Å². The van der Waals surface area contributed by atoms with Crippen LogP contribution in [0.15, 0.2) is 18.2 Å². The molecule has 2 aliphatic rings. The number of carbonyl (C=O) groups excluding carboxylic acids is 2. The fourth-order valence-corrected chi connectivity index (χ4v) is 4.15. The van der Waals surface area contributed by atoms with Crippen molar-refractivity contribution in [2.24, 2.45) is 5.92 Å². The third-order valence-corrected chi connectivity index (χ3v) is 5.40. The lowest BCUT2D eigenvalue weighted by atomic mass is 9.89. The van der Waals surface area contributed by atoms with Crippen molar-refractivity contribution in [3.05, 3.63) is 23.8 Å². The number of nitrogens with one attached hydrogen (secondary N) is 3. The molecule has 2 bridgehead atoms. The number of anilines is 2. The largest absolute Gasteiger partial charge is 0.326 e. The van der Waals surface area contributed by atoms with Crippen LogP contribution in [0.3, 0.4) is 0 Å². The van der Waals surface area contributed by atoms with E-state index in [1.807, 2.05) is 32.0 Å². The Morgan fingerprint density at radius 3 is 2.23 bits per heavy atom. The van der Waals surface area contributed by atoms with Gasteiger partial charge in [-0.05, 0) is 62.6 Å². The van der Waals surface area contributed by atoms with Crippen LogP contribution in [0.4, 0.5) is 11.4 Å². The number of benzene rings is 1. The summed E-state index contributed by atoms with van der Waals surface area (Å²) in [7, 11) is 0. The van der Waals surface area contributed by atoms with Crippen LogP contribution in [0, 0.1) is 12.8 Å². The Bertz CT molecular complexity index is 638. The van der Waals surface area contributed by atoms with Gasteiger partial charge in [-0.1, -0.05) is 13.0 Å². The summed E-state index contributed by atoms with van der Waals surface area (Å²) in [6.07, 6.45) is 6.63. The Kier molecular flexibility index (Phi) is 7.47. The summed E-state index contributed by atoms with van der Waals surface area (Å²) in [4.78, 5) is 24.3. The predicted molar refractivity (Wildman–Crippen MR) is 108 cm³/mol. The first-order chi connectivity index (χ1) is 12.0. The van der Waals surface area contributed by atoms with Gasteiger partial charge < -0.3 is 16.0 Å². The lowest BCUT2D eigenvalue weighted by Crippen LogP contribution is -2.39. The highest BCUT2D eigenvalue weighted by molar-refractivity contribution is 5.95. The van der Waals surface area contributed by atoms with E-state index >= 15 is 0 Å². The summed E-state index contributed by atoms with van der Waals surface area (Å²) in [5.74, 6) is 0.567. The summed E-state index contributed by atoms with van der Waals surface area (Å²) in [6, 6.07) is 6.86. The van der Waals surface area contributed by atoms with Crippen LogP contribution in [-0.2, 0) is 9.59 Å². The predicted octanol–water partition coefficient (Wildman–Crippen LogP) is 4.01. The number of hydrogen-bond acceptors (Lipinski definition) is 3. The average Bonchev–Trinajstić information content (AvgIpc) is 2.90. The molecule has 26 heavy (non-hydrogen) atoms. The van der Waals surface area contributed by atoms with E-state index in [2.05, 4.69) is 16.0 Å². The quantitative estimate of drug-likeness (QED) is 0.699. The second-order valence-corrected chi connectivity index (χ2v) is 7.50. The standard InChI is InChI=1S/C20H29N3O2.ClH/c1-3-5-19(24)22-17-6-4-7-18(13(17)2)23-20(25)12-14-10-15-8-9-16(11-14)21-15;/h4,6-7,14-16,21H,3,5,8-12H2,1-2H3,(H,22,24)(H,23,25);1H. The SMILES string of the molecule is CCCC(=O)Nc1cccc(NC(=O)CC2CC3CCC(C2)N3)c1C.Cl. The molecule has 2 saturated heterocycles. The molecule has 2 aliphatic heterocycles. The minimum absolute atomic E-state index is 0. The van der Waals surface area contributed by atoms with E-state index in [1.165, 1.54) is 12.8 Å². The molecule has 3 rings (SSSR count). The highest BCUT2D eigenvalue weighted by Crippen LogP contribution is 2.33. The molecule has 1 aromatic rings. The second kappa shape index (κ2) is 9.38. The molecule has 0 spiro atoms. The number of piperidine rings is 1. The highest BCUT2D eigenvalue weighted by atomic mass is 35.5. The molecule has 2 atom stereocenters. The maximum Gasteiger partial charge on any atom is 0.224 e. The van der Waals surface area contributed by atoms with Crippen LogP contribution in [0.5, 0.6) is 0 Å². The van der Waals surface area contributed by atoms with Gasteiger partial charge in [0.25, 0.3) is 0 Å². The first-order valence-corrected chi connectivity index (χ1v) is 9.50. The lowest BCUT2D eigenvalue weighted by Gasteiger charge is -2.28. The Balaban J connectivity index is 0.00000243. The molecule has 0 aliphatic carbocycles. The van der Waals surface area contributed by atoms with E-state index in [0.717, 1.165) is 36.2 Å². The van der Waals surface area contributed by atoms with Crippen molar-refractivity contribution in [2.75, 3.05) is 10.6 Å².